The van der Waals surface area contributed by atoms with Crippen molar-refractivity contribution in [2.75, 3.05) is 0 Å². The summed E-state index contributed by atoms with van der Waals surface area (Å²) in [4.78, 5) is 12.1. The maximum atomic E-state index is 12.1. The number of halogens is 1. The first-order valence-corrected chi connectivity index (χ1v) is 6.89. The van der Waals surface area contributed by atoms with Gasteiger partial charge in [0.1, 0.15) is 0 Å². The summed E-state index contributed by atoms with van der Waals surface area (Å²) < 4.78 is 1.63. The number of benzene rings is 1. The van der Waals surface area contributed by atoms with Crippen molar-refractivity contribution >= 4 is 17.5 Å². The van der Waals surface area contributed by atoms with Crippen molar-refractivity contribution in [1.82, 2.24) is 20.3 Å². The van der Waals surface area contributed by atoms with Crippen LogP contribution in [-0.2, 0) is 0 Å². The molecule has 1 amide bonds. The topological polar surface area (TPSA) is 59.8 Å². The molecule has 0 unspecified atom stereocenters. The molecule has 6 heteroatoms. The second kappa shape index (κ2) is 6.05. The van der Waals surface area contributed by atoms with Crippen LogP contribution in [0.4, 0.5) is 0 Å². The zero-order valence-corrected chi connectivity index (χ0v) is 12.5. The van der Waals surface area contributed by atoms with E-state index in [4.69, 9.17) is 11.6 Å². The van der Waals surface area contributed by atoms with Gasteiger partial charge in [-0.1, -0.05) is 23.7 Å². The second-order valence-electron chi connectivity index (χ2n) is 4.69. The molecule has 1 N–H and O–H groups in total. The Morgan fingerprint density at radius 3 is 2.65 bits per heavy atom. The van der Waals surface area contributed by atoms with Crippen LogP contribution in [-0.4, -0.2) is 26.9 Å². The molecule has 0 radical (unpaired) electrons. The van der Waals surface area contributed by atoms with Gasteiger partial charge in [0.2, 0.25) is 0 Å². The summed E-state index contributed by atoms with van der Waals surface area (Å²) in [6.07, 6.45) is 0.871. The van der Waals surface area contributed by atoms with Crippen LogP contribution in [0.2, 0.25) is 5.02 Å². The lowest BCUT2D eigenvalue weighted by Crippen LogP contribution is -2.32. The van der Waals surface area contributed by atoms with Gasteiger partial charge in [-0.25, -0.2) is 4.68 Å². The Labute approximate surface area is 122 Å². The standard InChI is InChI=1S/C14H17ClN4O/c1-4-9(2)16-14(20)13-10(3)19(18-17-13)12-7-5-11(15)6-8-12/h5-9H,4H2,1-3H3,(H,16,20)/t9-/m1/s1. The van der Waals surface area contributed by atoms with E-state index in [1.165, 1.54) is 0 Å². The van der Waals surface area contributed by atoms with Crippen LogP contribution >= 0.6 is 11.6 Å². The van der Waals surface area contributed by atoms with Gasteiger partial charge in [0.15, 0.2) is 5.69 Å². The van der Waals surface area contributed by atoms with E-state index in [1.54, 1.807) is 16.8 Å². The number of rotatable bonds is 4. The molecule has 1 atom stereocenters. The minimum atomic E-state index is -0.197. The van der Waals surface area contributed by atoms with Crippen LogP contribution < -0.4 is 5.32 Å². The molecule has 1 heterocycles. The van der Waals surface area contributed by atoms with Crippen molar-refractivity contribution in [3.05, 3.63) is 40.7 Å². The van der Waals surface area contributed by atoms with Gasteiger partial charge in [-0.2, -0.15) is 0 Å². The number of aromatic nitrogens is 3. The maximum absolute atomic E-state index is 12.1. The lowest BCUT2D eigenvalue weighted by molar-refractivity contribution is 0.0933. The molecule has 20 heavy (non-hydrogen) atoms. The first-order chi connectivity index (χ1) is 9.52. The molecule has 0 saturated heterocycles. The molecule has 0 aliphatic carbocycles. The summed E-state index contributed by atoms with van der Waals surface area (Å²) in [5.74, 6) is -0.197. The molecule has 5 nitrogen and oxygen atoms in total. The fraction of sp³-hybridized carbons (Fsp3) is 0.357. The van der Waals surface area contributed by atoms with Gasteiger partial charge in [-0.05, 0) is 44.5 Å². The van der Waals surface area contributed by atoms with Gasteiger partial charge < -0.3 is 5.32 Å². The van der Waals surface area contributed by atoms with Crippen LogP contribution in [0.25, 0.3) is 5.69 Å². The van der Waals surface area contributed by atoms with Gasteiger partial charge >= 0.3 is 0 Å². The van der Waals surface area contributed by atoms with Gasteiger partial charge in [-0.15, -0.1) is 5.10 Å². The van der Waals surface area contributed by atoms with E-state index in [9.17, 15) is 4.79 Å². The summed E-state index contributed by atoms with van der Waals surface area (Å²) in [6, 6.07) is 7.33. The van der Waals surface area contributed by atoms with E-state index in [2.05, 4.69) is 15.6 Å². The predicted molar refractivity (Wildman–Crippen MR) is 78.3 cm³/mol. The van der Waals surface area contributed by atoms with Gasteiger partial charge in [0.25, 0.3) is 5.91 Å². The molecule has 2 aromatic rings. The van der Waals surface area contributed by atoms with E-state index in [1.807, 2.05) is 32.9 Å². The van der Waals surface area contributed by atoms with Crippen molar-refractivity contribution in [1.29, 1.82) is 0 Å². The summed E-state index contributed by atoms with van der Waals surface area (Å²) in [5, 5.41) is 11.5. The van der Waals surface area contributed by atoms with Crippen molar-refractivity contribution in [2.45, 2.75) is 33.2 Å². The number of nitrogens with zero attached hydrogens (tertiary/aromatic N) is 3. The van der Waals surface area contributed by atoms with Crippen LogP contribution in [0.3, 0.4) is 0 Å². The highest BCUT2D eigenvalue weighted by Gasteiger charge is 2.18. The zero-order chi connectivity index (χ0) is 14.7. The van der Waals surface area contributed by atoms with Crippen LogP contribution in [0.15, 0.2) is 24.3 Å². The number of nitrogens with one attached hydrogen (secondary N) is 1. The Morgan fingerprint density at radius 1 is 1.40 bits per heavy atom. The molecule has 0 saturated carbocycles. The highest BCUT2D eigenvalue weighted by Crippen LogP contribution is 2.15. The number of carbonyl (C=O) groups is 1. The monoisotopic (exact) mass is 292 g/mol. The second-order valence-corrected chi connectivity index (χ2v) is 5.13. The molecule has 0 aliphatic rings. The minimum Gasteiger partial charge on any atom is -0.348 e. The third-order valence-corrected chi connectivity index (χ3v) is 3.42. The molecule has 0 fully saturated rings. The number of hydrogen-bond acceptors (Lipinski definition) is 3. The van der Waals surface area contributed by atoms with E-state index in [-0.39, 0.29) is 11.9 Å². The first-order valence-electron chi connectivity index (χ1n) is 6.52. The Hall–Kier alpha value is -1.88. The van der Waals surface area contributed by atoms with Crippen LogP contribution in [0, 0.1) is 6.92 Å². The van der Waals surface area contributed by atoms with Crippen molar-refractivity contribution in [2.24, 2.45) is 0 Å². The molecule has 1 aromatic carbocycles. The fourth-order valence-electron chi connectivity index (χ4n) is 1.76. The predicted octanol–water partition coefficient (Wildman–Crippen LogP) is 2.76. The fourth-order valence-corrected chi connectivity index (χ4v) is 1.89. The Kier molecular flexibility index (Phi) is 4.39. The molecule has 0 bridgehead atoms. The lowest BCUT2D eigenvalue weighted by atomic mass is 10.2. The molecule has 0 aliphatic heterocycles. The van der Waals surface area contributed by atoms with Crippen LogP contribution in [0.1, 0.15) is 36.5 Å². The third-order valence-electron chi connectivity index (χ3n) is 3.17. The summed E-state index contributed by atoms with van der Waals surface area (Å²) >= 11 is 5.86. The van der Waals surface area contributed by atoms with Gasteiger partial charge in [0.05, 0.1) is 11.4 Å². The number of hydrogen-bond donors (Lipinski definition) is 1. The Bertz CT molecular complexity index is 606. The van der Waals surface area contributed by atoms with Gasteiger partial charge in [-0.3, -0.25) is 4.79 Å². The summed E-state index contributed by atoms with van der Waals surface area (Å²) in [6.45, 7) is 5.79. The molecule has 2 rings (SSSR count). The van der Waals surface area contributed by atoms with E-state index in [0.717, 1.165) is 12.1 Å². The largest absolute Gasteiger partial charge is 0.348 e. The lowest BCUT2D eigenvalue weighted by Gasteiger charge is -2.10. The smallest absolute Gasteiger partial charge is 0.273 e. The molecule has 106 valence electrons. The normalized spacial score (nSPS) is 12.2. The molecular weight excluding hydrogens is 276 g/mol. The maximum Gasteiger partial charge on any atom is 0.273 e. The number of carbonyl (C=O) groups excluding carboxylic acids is 1. The van der Waals surface area contributed by atoms with E-state index >= 15 is 0 Å². The average Bonchev–Trinajstić information content (AvgIpc) is 2.81. The first kappa shape index (κ1) is 14.5. The van der Waals surface area contributed by atoms with E-state index in [0.29, 0.717) is 16.4 Å². The minimum absolute atomic E-state index is 0.114. The van der Waals surface area contributed by atoms with Crippen molar-refractivity contribution < 1.29 is 4.79 Å². The average molecular weight is 293 g/mol. The summed E-state index contributed by atoms with van der Waals surface area (Å²) in [5.41, 5.74) is 1.87. The van der Waals surface area contributed by atoms with Gasteiger partial charge in [0, 0.05) is 11.1 Å². The Balaban J connectivity index is 2.27. The SMILES string of the molecule is CC[C@@H](C)NC(=O)c1nnn(-c2ccc(Cl)cc2)c1C. The zero-order valence-electron chi connectivity index (χ0n) is 11.7. The number of amides is 1. The highest BCUT2D eigenvalue weighted by molar-refractivity contribution is 6.30. The molecule has 0 spiro atoms. The third kappa shape index (κ3) is 2.99. The van der Waals surface area contributed by atoms with E-state index < -0.39 is 0 Å². The molecule has 1 aromatic heterocycles. The van der Waals surface area contributed by atoms with Crippen molar-refractivity contribution in [3.63, 3.8) is 0 Å². The quantitative estimate of drug-likeness (QED) is 0.942. The van der Waals surface area contributed by atoms with Crippen molar-refractivity contribution in [3.8, 4) is 5.69 Å². The molecular formula is C14H17ClN4O. The Morgan fingerprint density at radius 2 is 2.05 bits per heavy atom. The highest BCUT2D eigenvalue weighted by atomic mass is 35.5. The summed E-state index contributed by atoms with van der Waals surface area (Å²) in [7, 11) is 0. The van der Waals surface area contributed by atoms with Crippen LogP contribution in [0.5, 0.6) is 0 Å².